The van der Waals surface area contributed by atoms with Gasteiger partial charge in [0.1, 0.15) is 0 Å². The fourth-order valence-electron chi connectivity index (χ4n) is 5.43. The van der Waals surface area contributed by atoms with Gasteiger partial charge in [-0.05, 0) is 85.0 Å². The summed E-state index contributed by atoms with van der Waals surface area (Å²) in [4.78, 5) is 0. The van der Waals surface area contributed by atoms with Crippen LogP contribution in [0.5, 0.6) is 0 Å². The van der Waals surface area contributed by atoms with Crippen molar-refractivity contribution in [1.82, 2.24) is 18.7 Å². The summed E-state index contributed by atoms with van der Waals surface area (Å²) >= 11 is -11.2. The van der Waals surface area contributed by atoms with Crippen molar-refractivity contribution in [1.29, 1.82) is 0 Å². The second-order valence-electron chi connectivity index (χ2n) is 11.4. The first-order valence-corrected chi connectivity index (χ1v) is 20.4. The topological polar surface area (TPSA) is 13.0 Å². The molecule has 1 saturated carbocycles. The van der Waals surface area contributed by atoms with Crippen LogP contribution >= 0.6 is 7.87 Å². The van der Waals surface area contributed by atoms with Gasteiger partial charge in [0.2, 0.25) is 0 Å². The van der Waals surface area contributed by atoms with Crippen molar-refractivity contribution < 1.29 is 16.9 Å². The Morgan fingerprint density at radius 3 is 1.44 bits per heavy atom. The van der Waals surface area contributed by atoms with Crippen LogP contribution in [0.25, 0.3) is 0 Å². The first-order chi connectivity index (χ1) is 16.0. The fourth-order valence-corrected chi connectivity index (χ4v) is 10.5. The van der Waals surface area contributed by atoms with E-state index in [0.717, 1.165) is 17.8 Å². The van der Waals surface area contributed by atoms with Crippen LogP contribution in [0, 0.1) is 17.8 Å². The minimum absolute atomic E-state index is 0.508. The van der Waals surface area contributed by atoms with Crippen LogP contribution in [0.1, 0.15) is 73.6 Å². The molecule has 2 bridgehead atoms. The van der Waals surface area contributed by atoms with E-state index in [-0.39, 0.29) is 0 Å². The molecule has 12 heteroatoms. The summed E-state index contributed by atoms with van der Waals surface area (Å²) in [7, 11) is 7.62. The van der Waals surface area contributed by atoms with Gasteiger partial charge in [-0.3, -0.25) is 0 Å². The number of nitrogens with zero attached hydrogens (tertiary/aromatic N) is 4. The summed E-state index contributed by atoms with van der Waals surface area (Å²) in [5.41, 5.74) is 0. The van der Waals surface area contributed by atoms with E-state index in [9.17, 15) is 16.9 Å². The molecule has 0 spiro atoms. The summed E-state index contributed by atoms with van der Waals surface area (Å²) in [6.07, 6.45) is 12.0. The van der Waals surface area contributed by atoms with Crippen molar-refractivity contribution >= 4 is 27.3 Å². The van der Waals surface area contributed by atoms with Crippen LogP contribution in [-0.2, 0) is 0 Å². The molecule has 0 aliphatic heterocycles. The number of rotatable bonds is 12. The molecule has 0 aromatic rings. The minimum atomic E-state index is -11.2. The zero-order valence-electron chi connectivity index (χ0n) is 23.8. The standard InChI is InChI=1S/C24H50N4P.6FH.Sb/c1-19(2)26(8)29(27(9)20(3)4,28(10)21(5)6)25(7)16-12-11-13-23-17-22-14-15-24(23)18-22;;;;;;;/h14-15,19-24H,11-13,16-18H2,1-10H3;6*1H;/q+1;;;;;;;+5/p-6. The van der Waals surface area contributed by atoms with Crippen molar-refractivity contribution in [3.05, 3.63) is 12.2 Å². The van der Waals surface area contributed by atoms with Crippen LogP contribution in [0.2, 0.25) is 0 Å². The molecule has 3 unspecified atom stereocenters. The predicted octanol–water partition coefficient (Wildman–Crippen LogP) is 8.14. The van der Waals surface area contributed by atoms with Crippen molar-refractivity contribution in [3.63, 3.8) is 0 Å². The van der Waals surface area contributed by atoms with E-state index in [1.807, 2.05) is 0 Å². The maximum atomic E-state index is 9.93. The first-order valence-electron chi connectivity index (χ1n) is 13.0. The molecular weight excluding hydrogens is 611 g/mol. The second kappa shape index (κ2) is 11.9. The van der Waals surface area contributed by atoms with Gasteiger partial charge < -0.3 is 0 Å². The van der Waals surface area contributed by atoms with Crippen LogP contribution in [0.3, 0.4) is 0 Å². The third-order valence-electron chi connectivity index (χ3n) is 7.69. The molecule has 0 heterocycles. The van der Waals surface area contributed by atoms with Gasteiger partial charge in [-0.15, -0.1) is 18.7 Å². The van der Waals surface area contributed by atoms with E-state index >= 15 is 0 Å². The number of hydrogen-bond acceptors (Lipinski definition) is 4. The predicted molar refractivity (Wildman–Crippen MR) is 143 cm³/mol. The van der Waals surface area contributed by atoms with Gasteiger partial charge in [0, 0.05) is 52.9 Å². The number of halogens is 6. The van der Waals surface area contributed by atoms with Crippen molar-refractivity contribution in [2.75, 3.05) is 34.7 Å². The molecule has 0 amide bonds. The third kappa shape index (κ3) is 10.5. The van der Waals surface area contributed by atoms with Gasteiger partial charge in [-0.25, -0.2) is 0 Å². The van der Waals surface area contributed by atoms with Gasteiger partial charge in [-0.2, -0.15) is 0 Å². The second-order valence-corrected chi connectivity index (χ2v) is 20.5. The van der Waals surface area contributed by atoms with Crippen LogP contribution in [-0.4, -0.2) is 91.0 Å². The number of fused-ring (bicyclic) bond motifs is 2. The van der Waals surface area contributed by atoms with E-state index in [4.69, 9.17) is 0 Å². The van der Waals surface area contributed by atoms with Crippen LogP contribution in [0.15, 0.2) is 12.2 Å². The summed E-state index contributed by atoms with van der Waals surface area (Å²) in [5, 5.41) is 0. The molecule has 0 N–H and O–H groups in total. The molecule has 0 aromatic heterocycles. The maximum absolute atomic E-state index is 11.2. The monoisotopic (exact) mass is 660 g/mol. The Labute approximate surface area is 218 Å². The van der Waals surface area contributed by atoms with E-state index in [1.54, 1.807) is 0 Å². The molecule has 2 aliphatic carbocycles. The molecular formula is C24H50F6N4PSb. The quantitative estimate of drug-likeness (QED) is 0.0689. The van der Waals surface area contributed by atoms with E-state index in [0.29, 0.717) is 18.1 Å². The van der Waals surface area contributed by atoms with Crippen molar-refractivity contribution in [2.24, 2.45) is 17.8 Å². The average molecular weight is 661 g/mol. The Morgan fingerprint density at radius 2 is 1.14 bits per heavy atom. The Hall–Kier alpha value is 0.408. The average Bonchev–Trinajstić information content (AvgIpc) is 3.32. The summed E-state index contributed by atoms with van der Waals surface area (Å²) < 4.78 is 70.2. The zero-order valence-corrected chi connectivity index (χ0v) is 27.3. The van der Waals surface area contributed by atoms with Crippen molar-refractivity contribution in [3.8, 4) is 0 Å². The molecule has 0 saturated heterocycles. The number of unbranched alkanes of at least 4 members (excludes halogenated alkanes) is 1. The van der Waals surface area contributed by atoms with E-state index in [1.165, 1.54) is 38.6 Å². The summed E-state index contributed by atoms with van der Waals surface area (Å²) in [5.74, 6) is 2.77. The molecule has 36 heavy (non-hydrogen) atoms. The third-order valence-corrected chi connectivity index (χ3v) is 12.7. The van der Waals surface area contributed by atoms with E-state index in [2.05, 4.69) is 101 Å². The summed E-state index contributed by atoms with van der Waals surface area (Å²) in [6, 6.07) is 1.53. The van der Waals surface area contributed by atoms with Crippen molar-refractivity contribution in [2.45, 2.75) is 91.8 Å². The molecule has 218 valence electrons. The Bertz CT molecular complexity index is 684. The van der Waals surface area contributed by atoms with Crippen LogP contribution in [0.4, 0.5) is 16.9 Å². The van der Waals surface area contributed by atoms with Crippen LogP contribution < -0.4 is 0 Å². The van der Waals surface area contributed by atoms with Gasteiger partial charge in [-0.1, -0.05) is 18.6 Å². The zero-order chi connectivity index (χ0) is 28.3. The Kier molecular flexibility index (Phi) is 11.4. The number of hydrogen-bond donors (Lipinski definition) is 0. The van der Waals surface area contributed by atoms with Gasteiger partial charge in [0.15, 0.2) is 0 Å². The molecule has 3 atom stereocenters. The fraction of sp³-hybridized carbons (Fsp3) is 0.917. The molecule has 2 aliphatic rings. The molecule has 1 fully saturated rings. The number of allylic oxidation sites excluding steroid dienone is 2. The molecule has 0 aromatic carbocycles. The normalized spacial score (nSPS) is 24.5. The van der Waals surface area contributed by atoms with E-state index < -0.39 is 27.3 Å². The Morgan fingerprint density at radius 1 is 0.722 bits per heavy atom. The SMILES string of the molecule is CC(C)N(C)[P+](N(C)CCCCC1CC2C=CC1C2)(N(C)C(C)C)N(C)C(C)C.[F][Sb-]([F])([F])([F])([F])[F]. The van der Waals surface area contributed by atoms with Gasteiger partial charge >= 0.3 is 44.2 Å². The van der Waals surface area contributed by atoms with Gasteiger partial charge in [0.25, 0.3) is 0 Å². The molecule has 2 rings (SSSR count). The molecule has 0 radical (unpaired) electrons. The Balaban J connectivity index is 0.000000809. The summed E-state index contributed by atoms with van der Waals surface area (Å²) in [6.45, 7) is 15.2. The first kappa shape index (κ1) is 34.4. The van der Waals surface area contributed by atoms with Gasteiger partial charge in [0.05, 0.1) is 0 Å². The molecule has 4 nitrogen and oxygen atoms in total.